The first kappa shape index (κ1) is 22.7. The molecular weight excluding hydrogens is 416 g/mol. The third kappa shape index (κ3) is 5.68. The van der Waals surface area contributed by atoms with E-state index in [-0.39, 0.29) is 11.6 Å². The van der Waals surface area contributed by atoms with Crippen molar-refractivity contribution >= 4 is 11.8 Å². The van der Waals surface area contributed by atoms with Crippen molar-refractivity contribution in [3.05, 3.63) is 77.5 Å². The number of benzene rings is 2. The highest BCUT2D eigenvalue weighted by Crippen LogP contribution is 2.21. The number of aromatic nitrogens is 1. The van der Waals surface area contributed by atoms with Gasteiger partial charge in [-0.05, 0) is 19.0 Å². The fraction of sp³-hybridized carbons (Fsp3) is 0.346. The lowest BCUT2D eigenvalue weighted by atomic mass is 10.0. The van der Waals surface area contributed by atoms with Crippen LogP contribution in [-0.2, 0) is 11.2 Å². The predicted molar refractivity (Wildman–Crippen MR) is 127 cm³/mol. The van der Waals surface area contributed by atoms with Crippen LogP contribution in [0.3, 0.4) is 0 Å². The summed E-state index contributed by atoms with van der Waals surface area (Å²) in [5.41, 5.74) is 3.13. The van der Waals surface area contributed by atoms with Gasteiger partial charge in [0, 0.05) is 44.2 Å². The van der Waals surface area contributed by atoms with Crippen molar-refractivity contribution in [1.29, 1.82) is 0 Å². The second-order valence-electron chi connectivity index (χ2n) is 8.42. The van der Waals surface area contributed by atoms with Crippen LogP contribution < -0.4 is 5.32 Å². The number of aryl methyl sites for hydroxylation is 1. The molecule has 172 valence electrons. The van der Waals surface area contributed by atoms with Gasteiger partial charge >= 0.3 is 0 Å². The average molecular weight is 447 g/mol. The second kappa shape index (κ2) is 10.4. The summed E-state index contributed by atoms with van der Waals surface area (Å²) in [5, 5.41) is 6.86. The normalized spacial score (nSPS) is 15.3. The Kier molecular flexibility index (Phi) is 7.19. The van der Waals surface area contributed by atoms with Crippen molar-refractivity contribution in [3.63, 3.8) is 0 Å². The zero-order chi connectivity index (χ0) is 23.2. The van der Waals surface area contributed by atoms with Gasteiger partial charge in [-0.3, -0.25) is 9.59 Å². The first-order valence-corrected chi connectivity index (χ1v) is 11.4. The van der Waals surface area contributed by atoms with E-state index in [0.29, 0.717) is 25.3 Å². The van der Waals surface area contributed by atoms with Crippen molar-refractivity contribution in [2.24, 2.45) is 0 Å². The van der Waals surface area contributed by atoms with Gasteiger partial charge in [-0.1, -0.05) is 72.2 Å². The standard InChI is InChI=1S/C26H30N4O3/c1-3-29-13-15-30(16-14-29)26(32)23(17-20-7-5-4-6-8-20)27-25(31)22-18-24(33-28-22)21-11-9-19(2)10-12-21/h4-12,18,23H,3,13-17H2,1-2H3,(H,27,31)/t23-/m0/s1. The van der Waals surface area contributed by atoms with Crippen molar-refractivity contribution in [2.75, 3.05) is 32.7 Å². The van der Waals surface area contributed by atoms with E-state index in [1.165, 1.54) is 0 Å². The molecule has 2 amide bonds. The number of rotatable bonds is 7. The van der Waals surface area contributed by atoms with E-state index in [0.717, 1.165) is 36.3 Å². The average Bonchev–Trinajstić information content (AvgIpc) is 3.35. The van der Waals surface area contributed by atoms with Crippen LogP contribution in [0.4, 0.5) is 0 Å². The Morgan fingerprint density at radius 3 is 2.39 bits per heavy atom. The molecule has 7 nitrogen and oxygen atoms in total. The minimum absolute atomic E-state index is 0.0646. The molecule has 0 aliphatic carbocycles. The van der Waals surface area contributed by atoms with E-state index in [1.807, 2.05) is 66.4 Å². The Hall–Kier alpha value is -3.45. The first-order chi connectivity index (χ1) is 16.0. The quantitative estimate of drug-likeness (QED) is 0.603. The van der Waals surface area contributed by atoms with Crippen molar-refractivity contribution in [1.82, 2.24) is 20.3 Å². The van der Waals surface area contributed by atoms with Crippen molar-refractivity contribution < 1.29 is 14.1 Å². The number of hydrogen-bond donors (Lipinski definition) is 1. The maximum atomic E-state index is 13.4. The zero-order valence-electron chi connectivity index (χ0n) is 19.2. The second-order valence-corrected chi connectivity index (χ2v) is 8.42. The van der Waals surface area contributed by atoms with Crippen LogP contribution >= 0.6 is 0 Å². The van der Waals surface area contributed by atoms with E-state index in [9.17, 15) is 9.59 Å². The fourth-order valence-electron chi connectivity index (χ4n) is 4.02. The van der Waals surface area contributed by atoms with Gasteiger partial charge in [0.25, 0.3) is 5.91 Å². The maximum absolute atomic E-state index is 13.4. The molecule has 0 unspecified atom stereocenters. The van der Waals surface area contributed by atoms with E-state index in [1.54, 1.807) is 6.07 Å². The topological polar surface area (TPSA) is 78.7 Å². The molecule has 2 heterocycles. The molecule has 0 radical (unpaired) electrons. The van der Waals surface area contributed by atoms with Crippen LogP contribution in [0.2, 0.25) is 0 Å². The number of nitrogens with one attached hydrogen (secondary N) is 1. The zero-order valence-corrected chi connectivity index (χ0v) is 19.2. The number of likely N-dealkylation sites (N-methyl/N-ethyl adjacent to an activating group) is 1. The van der Waals surface area contributed by atoms with Gasteiger partial charge in [-0.15, -0.1) is 0 Å². The highest BCUT2D eigenvalue weighted by atomic mass is 16.5. The van der Waals surface area contributed by atoms with Gasteiger partial charge in [0.05, 0.1) is 0 Å². The number of carbonyl (C=O) groups is 2. The van der Waals surface area contributed by atoms with Gasteiger partial charge in [0.2, 0.25) is 5.91 Å². The van der Waals surface area contributed by atoms with Gasteiger partial charge in [-0.2, -0.15) is 0 Å². The Bertz CT molecular complexity index is 1070. The van der Waals surface area contributed by atoms with E-state index >= 15 is 0 Å². The van der Waals surface area contributed by atoms with Gasteiger partial charge in [0.1, 0.15) is 6.04 Å². The summed E-state index contributed by atoms with van der Waals surface area (Å²) in [7, 11) is 0. The van der Waals surface area contributed by atoms with Crippen LogP contribution in [0.1, 0.15) is 28.5 Å². The van der Waals surface area contributed by atoms with Gasteiger partial charge in [-0.25, -0.2) is 0 Å². The number of amides is 2. The van der Waals surface area contributed by atoms with Crippen LogP contribution in [0.15, 0.2) is 65.2 Å². The van der Waals surface area contributed by atoms with Crippen LogP contribution in [-0.4, -0.2) is 65.5 Å². The molecule has 0 bridgehead atoms. The molecule has 0 spiro atoms. The van der Waals surface area contributed by atoms with Gasteiger partial charge < -0.3 is 19.6 Å². The summed E-state index contributed by atoms with van der Waals surface area (Å²) in [4.78, 5) is 30.6. The molecule has 2 aromatic carbocycles. The van der Waals surface area contributed by atoms with Crippen molar-refractivity contribution in [2.45, 2.75) is 26.3 Å². The number of nitrogens with zero attached hydrogens (tertiary/aromatic N) is 3. The molecule has 0 saturated carbocycles. The first-order valence-electron chi connectivity index (χ1n) is 11.4. The molecule has 1 atom stereocenters. The Balaban J connectivity index is 1.49. The highest BCUT2D eigenvalue weighted by molar-refractivity contribution is 5.96. The van der Waals surface area contributed by atoms with E-state index in [4.69, 9.17) is 4.52 Å². The molecule has 33 heavy (non-hydrogen) atoms. The summed E-state index contributed by atoms with van der Waals surface area (Å²) < 4.78 is 5.40. The molecule has 1 aromatic heterocycles. The molecule has 1 aliphatic rings. The Morgan fingerprint density at radius 2 is 1.73 bits per heavy atom. The Labute approximate surface area is 194 Å². The third-order valence-electron chi connectivity index (χ3n) is 6.10. The van der Waals surface area contributed by atoms with Crippen molar-refractivity contribution in [3.8, 4) is 11.3 Å². The molecule has 1 N–H and O–H groups in total. The smallest absolute Gasteiger partial charge is 0.274 e. The molecule has 4 rings (SSSR count). The maximum Gasteiger partial charge on any atom is 0.274 e. The summed E-state index contributed by atoms with van der Waals surface area (Å²) in [6.07, 6.45) is 0.419. The monoisotopic (exact) mass is 446 g/mol. The largest absolute Gasteiger partial charge is 0.355 e. The summed E-state index contributed by atoms with van der Waals surface area (Å²) in [6, 6.07) is 18.5. The number of carbonyl (C=O) groups excluding carboxylic acids is 2. The predicted octanol–water partition coefficient (Wildman–Crippen LogP) is 3.16. The van der Waals surface area contributed by atoms with E-state index < -0.39 is 11.9 Å². The molecule has 3 aromatic rings. The lowest BCUT2D eigenvalue weighted by Crippen LogP contribution is -2.55. The lowest BCUT2D eigenvalue weighted by molar-refractivity contribution is -0.135. The number of hydrogen-bond acceptors (Lipinski definition) is 5. The summed E-state index contributed by atoms with van der Waals surface area (Å²) >= 11 is 0. The van der Waals surface area contributed by atoms with Gasteiger partial charge in [0.15, 0.2) is 11.5 Å². The lowest BCUT2D eigenvalue weighted by Gasteiger charge is -2.36. The molecule has 1 fully saturated rings. The highest BCUT2D eigenvalue weighted by Gasteiger charge is 2.29. The fourth-order valence-corrected chi connectivity index (χ4v) is 4.02. The molecular formula is C26H30N4O3. The third-order valence-corrected chi connectivity index (χ3v) is 6.10. The van der Waals surface area contributed by atoms with Crippen LogP contribution in [0.25, 0.3) is 11.3 Å². The molecule has 7 heteroatoms. The SMILES string of the molecule is CCN1CCN(C(=O)[C@H](Cc2ccccc2)NC(=O)c2cc(-c3ccc(C)cc3)on2)CC1. The minimum Gasteiger partial charge on any atom is -0.355 e. The van der Waals surface area contributed by atoms with E-state index in [2.05, 4.69) is 22.3 Å². The minimum atomic E-state index is -0.674. The summed E-state index contributed by atoms with van der Waals surface area (Å²) in [6.45, 7) is 8.12. The Morgan fingerprint density at radius 1 is 1.03 bits per heavy atom. The van der Waals surface area contributed by atoms with Crippen LogP contribution in [0.5, 0.6) is 0 Å². The molecule has 1 saturated heterocycles. The number of piperazine rings is 1. The molecule has 1 aliphatic heterocycles. The summed E-state index contributed by atoms with van der Waals surface area (Å²) in [5.74, 6) is 0.0329. The van der Waals surface area contributed by atoms with Crippen LogP contribution in [0, 0.1) is 6.92 Å².